The number of methoxy groups -OCH3 is 1. The van der Waals surface area contributed by atoms with Gasteiger partial charge in [-0.05, 0) is 12.8 Å². The number of carbonyl (C=O) groups excluding carboxylic acids is 1. The van der Waals surface area contributed by atoms with E-state index in [-0.39, 0.29) is 11.3 Å². The lowest BCUT2D eigenvalue weighted by Gasteiger charge is -2.46. The van der Waals surface area contributed by atoms with Crippen molar-refractivity contribution in [3.63, 3.8) is 0 Å². The summed E-state index contributed by atoms with van der Waals surface area (Å²) in [7, 11) is 1.68. The van der Waals surface area contributed by atoms with Crippen LogP contribution < -0.4 is 0 Å². The molecule has 0 radical (unpaired) electrons. The van der Waals surface area contributed by atoms with Gasteiger partial charge in [0.15, 0.2) is 0 Å². The van der Waals surface area contributed by atoms with Gasteiger partial charge in [0.2, 0.25) is 0 Å². The number of likely N-dealkylation sites (tertiary alicyclic amines) is 1. The van der Waals surface area contributed by atoms with Crippen LogP contribution in [-0.2, 0) is 9.53 Å². The Balaban J connectivity index is 2.39. The molecule has 13 heavy (non-hydrogen) atoms. The number of nitrogens with zero attached hydrogens (tertiary/aromatic N) is 1. The van der Waals surface area contributed by atoms with Gasteiger partial charge in [-0.15, -0.1) is 0 Å². The quantitative estimate of drug-likeness (QED) is 0.581. The highest BCUT2D eigenvalue weighted by molar-refractivity contribution is 5.94. The van der Waals surface area contributed by atoms with E-state index in [2.05, 4.69) is 18.8 Å². The molecule has 0 aromatic rings. The molecule has 0 unspecified atom stereocenters. The van der Waals surface area contributed by atoms with E-state index >= 15 is 0 Å². The van der Waals surface area contributed by atoms with Crippen LogP contribution in [0, 0.1) is 17.3 Å². The van der Waals surface area contributed by atoms with E-state index in [0.717, 1.165) is 13.1 Å². The first kappa shape index (κ1) is 10.1. The Hall–Kier alpha value is -1.01. The maximum atomic E-state index is 11.2. The van der Waals surface area contributed by atoms with Crippen molar-refractivity contribution in [2.75, 3.05) is 26.8 Å². The molecular formula is C10H15NO2. The highest BCUT2D eigenvalue weighted by Crippen LogP contribution is 2.29. The second kappa shape index (κ2) is 3.80. The molecule has 3 nitrogen and oxygen atoms in total. The monoisotopic (exact) mass is 181 g/mol. The van der Waals surface area contributed by atoms with Crippen molar-refractivity contribution in [1.82, 2.24) is 4.90 Å². The molecule has 1 amide bonds. The van der Waals surface area contributed by atoms with Gasteiger partial charge in [-0.1, -0.05) is 12.8 Å². The molecule has 0 N–H and O–H groups in total. The van der Waals surface area contributed by atoms with Crippen LogP contribution in [0.5, 0.6) is 0 Å². The predicted molar refractivity (Wildman–Crippen MR) is 50.0 cm³/mol. The maximum absolute atomic E-state index is 11.2. The number of hydrogen-bond acceptors (Lipinski definition) is 2. The normalized spacial score (nSPS) is 18.5. The van der Waals surface area contributed by atoms with Gasteiger partial charge < -0.3 is 9.64 Å². The molecule has 1 aliphatic rings. The van der Waals surface area contributed by atoms with Crippen molar-refractivity contribution >= 4 is 5.91 Å². The minimum atomic E-state index is -0.0731. The number of carbonyl (C=O) groups is 1. The predicted octanol–water partition coefficient (Wildman–Crippen LogP) is 0.505. The number of amides is 1. The second-order valence-electron chi connectivity index (χ2n) is 3.78. The maximum Gasteiger partial charge on any atom is 0.298 e. The van der Waals surface area contributed by atoms with Gasteiger partial charge in [-0.2, -0.15) is 0 Å². The molecule has 1 fully saturated rings. The zero-order chi connectivity index (χ0) is 9.90. The minimum Gasteiger partial charge on any atom is -0.384 e. The highest BCUT2D eigenvalue weighted by atomic mass is 16.5. The fraction of sp³-hybridized carbons (Fsp3) is 0.700. The zero-order valence-corrected chi connectivity index (χ0v) is 8.39. The summed E-state index contributed by atoms with van der Waals surface area (Å²) < 4.78 is 5.06. The molecule has 0 atom stereocenters. The summed E-state index contributed by atoms with van der Waals surface area (Å²) >= 11 is 0. The zero-order valence-electron chi connectivity index (χ0n) is 8.39. The van der Waals surface area contributed by atoms with Crippen molar-refractivity contribution < 1.29 is 9.53 Å². The smallest absolute Gasteiger partial charge is 0.298 e. The second-order valence-corrected chi connectivity index (χ2v) is 3.78. The minimum absolute atomic E-state index is 0.0731. The molecule has 1 aliphatic heterocycles. The Bertz CT molecular complexity index is 256. The first-order chi connectivity index (χ1) is 6.11. The molecular weight excluding hydrogens is 166 g/mol. The van der Waals surface area contributed by atoms with Crippen LogP contribution in [0.25, 0.3) is 0 Å². The third kappa shape index (κ3) is 2.22. The molecule has 0 aliphatic carbocycles. The summed E-state index contributed by atoms with van der Waals surface area (Å²) in [5.41, 5.74) is 0.139. The van der Waals surface area contributed by atoms with Gasteiger partial charge in [0.25, 0.3) is 5.91 Å². The summed E-state index contributed by atoms with van der Waals surface area (Å²) in [6, 6.07) is 0. The topological polar surface area (TPSA) is 29.5 Å². The van der Waals surface area contributed by atoms with Gasteiger partial charge in [0, 0.05) is 25.6 Å². The first-order valence-electron chi connectivity index (χ1n) is 4.32. The summed E-state index contributed by atoms with van der Waals surface area (Å²) in [4.78, 5) is 13.0. The van der Waals surface area contributed by atoms with E-state index in [1.54, 1.807) is 18.9 Å². The van der Waals surface area contributed by atoms with E-state index < -0.39 is 0 Å². The molecule has 1 rings (SSSR count). The Kier molecular flexibility index (Phi) is 2.94. The number of ether oxygens (including phenoxy) is 1. The van der Waals surface area contributed by atoms with Crippen LogP contribution in [0.4, 0.5) is 0 Å². The summed E-state index contributed by atoms with van der Waals surface area (Å²) in [5.74, 6) is 5.05. The molecule has 1 saturated heterocycles. The fourth-order valence-electron chi connectivity index (χ4n) is 1.64. The van der Waals surface area contributed by atoms with Crippen LogP contribution in [-0.4, -0.2) is 37.6 Å². The average Bonchev–Trinajstić information content (AvgIpc) is 2.01. The Morgan fingerprint density at radius 2 is 2.23 bits per heavy atom. The first-order valence-corrected chi connectivity index (χ1v) is 4.32. The van der Waals surface area contributed by atoms with Gasteiger partial charge in [0.1, 0.15) is 0 Å². The van der Waals surface area contributed by atoms with Crippen molar-refractivity contribution in [2.45, 2.75) is 13.8 Å². The van der Waals surface area contributed by atoms with Crippen LogP contribution in [0.2, 0.25) is 0 Å². The Morgan fingerprint density at radius 3 is 2.69 bits per heavy atom. The van der Waals surface area contributed by atoms with Crippen LogP contribution in [0.3, 0.4) is 0 Å². The molecule has 0 spiro atoms. The summed E-state index contributed by atoms with van der Waals surface area (Å²) in [6.45, 7) is 6.00. The van der Waals surface area contributed by atoms with Gasteiger partial charge in [-0.25, -0.2) is 0 Å². The Labute approximate surface area is 79.1 Å². The molecule has 0 saturated carbocycles. The number of rotatable bonds is 2. The molecule has 0 aromatic heterocycles. The van der Waals surface area contributed by atoms with Gasteiger partial charge in [0.05, 0.1) is 6.61 Å². The average molecular weight is 181 g/mol. The third-order valence-electron chi connectivity index (χ3n) is 2.16. The largest absolute Gasteiger partial charge is 0.384 e. The van der Waals surface area contributed by atoms with Crippen LogP contribution in [0.15, 0.2) is 0 Å². The highest BCUT2D eigenvalue weighted by Gasteiger charge is 2.40. The van der Waals surface area contributed by atoms with E-state index in [1.807, 2.05) is 0 Å². The van der Waals surface area contributed by atoms with Gasteiger partial charge >= 0.3 is 0 Å². The van der Waals surface area contributed by atoms with Crippen LogP contribution >= 0.6 is 0 Å². The van der Waals surface area contributed by atoms with Crippen LogP contribution in [0.1, 0.15) is 13.8 Å². The van der Waals surface area contributed by atoms with Crippen molar-refractivity contribution in [2.24, 2.45) is 5.41 Å². The molecule has 0 bridgehead atoms. The third-order valence-corrected chi connectivity index (χ3v) is 2.16. The van der Waals surface area contributed by atoms with E-state index in [1.165, 1.54) is 0 Å². The van der Waals surface area contributed by atoms with E-state index in [4.69, 9.17) is 4.74 Å². The van der Waals surface area contributed by atoms with Gasteiger partial charge in [-0.3, -0.25) is 4.79 Å². The lowest BCUT2D eigenvalue weighted by Crippen LogP contribution is -2.58. The molecule has 3 heteroatoms. The van der Waals surface area contributed by atoms with E-state index in [9.17, 15) is 4.79 Å². The van der Waals surface area contributed by atoms with Crippen molar-refractivity contribution in [1.29, 1.82) is 0 Å². The summed E-state index contributed by atoms with van der Waals surface area (Å²) in [6.07, 6.45) is 0. The lowest BCUT2D eigenvalue weighted by molar-refractivity contribution is -0.139. The number of hydrogen-bond donors (Lipinski definition) is 0. The fourth-order valence-corrected chi connectivity index (χ4v) is 1.64. The molecule has 0 aromatic carbocycles. The van der Waals surface area contributed by atoms with Crippen molar-refractivity contribution in [3.8, 4) is 11.8 Å². The lowest BCUT2D eigenvalue weighted by atomic mass is 9.83. The summed E-state index contributed by atoms with van der Waals surface area (Å²) in [5, 5.41) is 0. The van der Waals surface area contributed by atoms with Crippen molar-refractivity contribution in [3.05, 3.63) is 0 Å². The SMILES string of the molecule is CC#CC(=O)N1CC(C)(COC)C1. The molecule has 72 valence electrons. The van der Waals surface area contributed by atoms with E-state index in [0.29, 0.717) is 6.61 Å². The standard InChI is InChI=1S/C10H15NO2/c1-4-5-9(12)11-6-10(2,7-11)8-13-3/h6-8H2,1-3H3. The Morgan fingerprint density at radius 1 is 1.62 bits per heavy atom. The molecule has 1 heterocycles.